The molecule has 3 aromatic carbocycles. The van der Waals surface area contributed by atoms with Gasteiger partial charge in [-0.2, -0.15) is 0 Å². The number of ether oxygens (including phenoxy) is 1. The standard InChI is InChI=1S/C26H20N4O4.ClH/c1-4-16-8-7-11-22(15(16)2)30-23(31)18-9-5-6-10-19(18)26(30,33)17-12-13-20-21(14-17)28-24(27-20)29-25(32)34-3;/h1,5-14,33H,2-3H3,(H2,27,28,29,32);1H. The number of benzene rings is 3. The zero-order chi connectivity index (χ0) is 24.0. The minimum absolute atomic E-state index is 0. The van der Waals surface area contributed by atoms with E-state index >= 15 is 0 Å². The molecule has 1 aromatic heterocycles. The van der Waals surface area contributed by atoms with Crippen LogP contribution in [-0.2, 0) is 10.5 Å². The van der Waals surface area contributed by atoms with E-state index in [1.807, 2.05) is 6.92 Å². The summed E-state index contributed by atoms with van der Waals surface area (Å²) in [5.41, 5.74) is 2.46. The summed E-state index contributed by atoms with van der Waals surface area (Å²) >= 11 is 0. The number of fused-ring (bicyclic) bond motifs is 2. The van der Waals surface area contributed by atoms with Crippen LogP contribution in [0.4, 0.5) is 16.4 Å². The number of halogens is 1. The van der Waals surface area contributed by atoms with Crippen LogP contribution in [0.25, 0.3) is 11.0 Å². The normalized spacial score (nSPS) is 16.4. The van der Waals surface area contributed by atoms with Gasteiger partial charge in [-0.05, 0) is 42.8 Å². The number of carbonyl (C=O) groups is 2. The van der Waals surface area contributed by atoms with E-state index in [0.717, 1.165) is 0 Å². The summed E-state index contributed by atoms with van der Waals surface area (Å²) in [6.45, 7) is 1.82. The van der Waals surface area contributed by atoms with Crippen LogP contribution in [0.3, 0.4) is 0 Å². The number of methoxy groups -OCH3 is 1. The van der Waals surface area contributed by atoms with Crippen LogP contribution < -0.4 is 10.2 Å². The summed E-state index contributed by atoms with van der Waals surface area (Å²) in [7, 11) is 1.26. The quantitative estimate of drug-likeness (QED) is 0.372. The third-order valence-electron chi connectivity index (χ3n) is 6.05. The Kier molecular flexibility index (Phi) is 5.99. The molecule has 0 fully saturated rings. The van der Waals surface area contributed by atoms with Gasteiger partial charge in [0, 0.05) is 22.3 Å². The molecule has 1 aliphatic heterocycles. The Morgan fingerprint density at radius 1 is 1.20 bits per heavy atom. The summed E-state index contributed by atoms with van der Waals surface area (Å²) in [5.74, 6) is 2.49. The minimum atomic E-state index is -1.80. The zero-order valence-corrected chi connectivity index (χ0v) is 19.6. The SMILES string of the molecule is C#Cc1cccc(N2C(=O)c3ccccc3C2(O)c2ccc3nc(NC(=O)OC)[nH]c3c2)c1C.Cl. The average molecular weight is 489 g/mol. The Morgan fingerprint density at radius 3 is 2.71 bits per heavy atom. The summed E-state index contributed by atoms with van der Waals surface area (Å²) in [6, 6.07) is 17.4. The van der Waals surface area contributed by atoms with Gasteiger partial charge in [-0.3, -0.25) is 15.0 Å². The van der Waals surface area contributed by atoms with Crippen LogP contribution >= 0.6 is 12.4 Å². The molecule has 1 atom stereocenters. The first-order valence-corrected chi connectivity index (χ1v) is 10.5. The van der Waals surface area contributed by atoms with Gasteiger partial charge < -0.3 is 14.8 Å². The lowest BCUT2D eigenvalue weighted by molar-refractivity contribution is 0.0703. The van der Waals surface area contributed by atoms with Crippen molar-refractivity contribution < 1.29 is 19.4 Å². The fraction of sp³-hybridized carbons (Fsp3) is 0.115. The molecule has 0 saturated heterocycles. The molecule has 2 amide bonds. The van der Waals surface area contributed by atoms with Gasteiger partial charge in [0.05, 0.1) is 23.8 Å². The fourth-order valence-electron chi connectivity index (χ4n) is 4.39. The van der Waals surface area contributed by atoms with Crippen LogP contribution in [0.2, 0.25) is 0 Å². The van der Waals surface area contributed by atoms with E-state index < -0.39 is 11.8 Å². The summed E-state index contributed by atoms with van der Waals surface area (Å²) in [5, 5.41) is 14.7. The van der Waals surface area contributed by atoms with Crippen LogP contribution in [0, 0.1) is 19.3 Å². The Labute approximate surface area is 207 Å². The van der Waals surface area contributed by atoms with Crippen LogP contribution in [0.1, 0.15) is 32.6 Å². The number of amides is 2. The molecular weight excluding hydrogens is 468 g/mol. The van der Waals surface area contributed by atoms with Crippen molar-refractivity contribution in [2.45, 2.75) is 12.6 Å². The van der Waals surface area contributed by atoms with E-state index in [4.69, 9.17) is 6.42 Å². The van der Waals surface area contributed by atoms with E-state index in [2.05, 4.69) is 25.9 Å². The molecule has 0 bridgehead atoms. The number of aliphatic hydroxyl groups is 1. The molecule has 176 valence electrons. The number of terminal acetylenes is 1. The maximum atomic E-state index is 13.6. The van der Waals surface area contributed by atoms with E-state index in [1.54, 1.807) is 60.7 Å². The molecule has 0 radical (unpaired) electrons. The van der Waals surface area contributed by atoms with Crippen LogP contribution in [0.5, 0.6) is 0 Å². The maximum Gasteiger partial charge on any atom is 0.413 e. The smallest absolute Gasteiger partial charge is 0.413 e. The predicted octanol–water partition coefficient (Wildman–Crippen LogP) is 4.31. The first-order chi connectivity index (χ1) is 16.4. The number of hydrogen-bond donors (Lipinski definition) is 3. The van der Waals surface area contributed by atoms with Crippen molar-refractivity contribution in [3.05, 3.63) is 88.5 Å². The van der Waals surface area contributed by atoms with Gasteiger partial charge in [-0.25, -0.2) is 9.78 Å². The molecule has 0 aliphatic carbocycles. The van der Waals surface area contributed by atoms with Gasteiger partial charge in [0.25, 0.3) is 5.91 Å². The van der Waals surface area contributed by atoms with Gasteiger partial charge in [-0.1, -0.05) is 36.3 Å². The summed E-state index contributed by atoms with van der Waals surface area (Å²) in [4.78, 5) is 33.8. The number of anilines is 2. The molecule has 9 heteroatoms. The van der Waals surface area contributed by atoms with E-state index in [0.29, 0.717) is 44.5 Å². The minimum Gasteiger partial charge on any atom is -0.453 e. The number of imidazole rings is 1. The predicted molar refractivity (Wildman–Crippen MR) is 135 cm³/mol. The van der Waals surface area contributed by atoms with Crippen molar-refractivity contribution in [3.8, 4) is 12.3 Å². The number of H-pyrrole nitrogens is 1. The van der Waals surface area contributed by atoms with Gasteiger partial charge >= 0.3 is 6.09 Å². The van der Waals surface area contributed by atoms with E-state index in [9.17, 15) is 14.7 Å². The third kappa shape index (κ3) is 3.58. The van der Waals surface area contributed by atoms with E-state index in [-0.39, 0.29) is 24.3 Å². The van der Waals surface area contributed by atoms with Gasteiger partial charge in [0.1, 0.15) is 0 Å². The molecule has 0 saturated carbocycles. The number of nitrogens with zero attached hydrogens (tertiary/aromatic N) is 2. The highest BCUT2D eigenvalue weighted by molar-refractivity contribution is 6.13. The summed E-state index contributed by atoms with van der Waals surface area (Å²) in [6.07, 6.45) is 5.00. The number of aromatic amines is 1. The van der Waals surface area contributed by atoms with Gasteiger partial charge in [0.15, 0.2) is 5.72 Å². The second-order valence-corrected chi connectivity index (χ2v) is 7.89. The van der Waals surface area contributed by atoms with Crippen molar-refractivity contribution in [1.82, 2.24) is 9.97 Å². The largest absolute Gasteiger partial charge is 0.453 e. The van der Waals surface area contributed by atoms with Gasteiger partial charge in [0.2, 0.25) is 5.95 Å². The molecule has 1 aliphatic rings. The molecule has 1 unspecified atom stereocenters. The van der Waals surface area contributed by atoms with Crippen molar-refractivity contribution >= 4 is 47.1 Å². The molecule has 5 rings (SSSR count). The lowest BCUT2D eigenvalue weighted by Gasteiger charge is -2.36. The monoisotopic (exact) mass is 488 g/mol. The Hall–Kier alpha value is -4.32. The average Bonchev–Trinajstić information content (AvgIpc) is 3.35. The topological polar surface area (TPSA) is 108 Å². The highest BCUT2D eigenvalue weighted by Crippen LogP contribution is 2.46. The number of carbonyl (C=O) groups excluding carboxylic acids is 2. The lowest BCUT2D eigenvalue weighted by atomic mass is 9.92. The molecule has 4 aromatic rings. The molecule has 0 spiro atoms. The first-order valence-electron chi connectivity index (χ1n) is 10.5. The summed E-state index contributed by atoms with van der Waals surface area (Å²) < 4.78 is 4.61. The van der Waals surface area contributed by atoms with E-state index in [1.165, 1.54) is 12.0 Å². The molecule has 2 heterocycles. The third-order valence-corrected chi connectivity index (χ3v) is 6.05. The van der Waals surface area contributed by atoms with Crippen molar-refractivity contribution in [1.29, 1.82) is 0 Å². The van der Waals surface area contributed by atoms with Gasteiger partial charge in [-0.15, -0.1) is 18.8 Å². The zero-order valence-electron chi connectivity index (χ0n) is 18.8. The fourth-order valence-corrected chi connectivity index (χ4v) is 4.39. The molecular formula is C26H21ClN4O4. The Morgan fingerprint density at radius 2 is 1.97 bits per heavy atom. The molecule has 3 N–H and O–H groups in total. The molecule has 8 nitrogen and oxygen atoms in total. The number of hydrogen-bond acceptors (Lipinski definition) is 5. The first kappa shape index (κ1) is 23.8. The van der Waals surface area contributed by atoms with Crippen LogP contribution in [-0.4, -0.2) is 34.2 Å². The van der Waals surface area contributed by atoms with Crippen molar-refractivity contribution in [3.63, 3.8) is 0 Å². The highest BCUT2D eigenvalue weighted by atomic mass is 35.5. The van der Waals surface area contributed by atoms with Crippen LogP contribution in [0.15, 0.2) is 60.7 Å². The number of rotatable bonds is 3. The number of aromatic nitrogens is 2. The van der Waals surface area contributed by atoms with Crippen molar-refractivity contribution in [2.24, 2.45) is 0 Å². The second-order valence-electron chi connectivity index (χ2n) is 7.89. The van der Waals surface area contributed by atoms with Crippen molar-refractivity contribution in [2.75, 3.05) is 17.3 Å². The Bertz CT molecular complexity index is 1520. The highest BCUT2D eigenvalue weighted by Gasteiger charge is 2.51. The number of nitrogens with one attached hydrogen (secondary N) is 2. The lowest BCUT2D eigenvalue weighted by Crippen LogP contribution is -2.45. The molecule has 35 heavy (non-hydrogen) atoms. The maximum absolute atomic E-state index is 13.6. The second kappa shape index (κ2) is 8.80. The Balaban J connectivity index is 0.00000289.